The number of hydrogen-bond acceptors (Lipinski definition) is 2. The van der Waals surface area contributed by atoms with Gasteiger partial charge in [-0.15, -0.1) is 0 Å². The van der Waals surface area contributed by atoms with E-state index in [0.29, 0.717) is 0 Å². The third-order valence-corrected chi connectivity index (χ3v) is 6.18. The maximum Gasteiger partial charge on any atom is 0.227 e. The van der Waals surface area contributed by atoms with Gasteiger partial charge in [0.05, 0.1) is 11.3 Å². The van der Waals surface area contributed by atoms with Crippen molar-refractivity contribution >= 4 is 6.08 Å². The Kier molecular flexibility index (Phi) is 5.57. The summed E-state index contributed by atoms with van der Waals surface area (Å²) in [5.41, 5.74) is 6.36. The third kappa shape index (κ3) is 4.20. The van der Waals surface area contributed by atoms with E-state index in [-0.39, 0.29) is 5.92 Å². The van der Waals surface area contributed by atoms with Crippen molar-refractivity contribution in [2.45, 2.75) is 5.92 Å². The Labute approximate surface area is 205 Å². The van der Waals surface area contributed by atoms with Gasteiger partial charge in [-0.2, -0.15) is 9.78 Å². The summed E-state index contributed by atoms with van der Waals surface area (Å²) in [5.74, 6) is 1.55. The summed E-state index contributed by atoms with van der Waals surface area (Å²) >= 11 is 0. The molecule has 1 atom stereocenters. The highest BCUT2D eigenvalue weighted by molar-refractivity contribution is 5.71. The molecule has 1 aliphatic heterocycles. The topological polar surface area (TPSA) is 27.1 Å². The molecule has 0 saturated carbocycles. The number of aromatic nitrogens is 2. The molecule has 5 aromatic rings. The zero-order valence-electron chi connectivity index (χ0n) is 19.2. The molecule has 0 fully saturated rings. The van der Waals surface area contributed by atoms with E-state index < -0.39 is 0 Å². The average Bonchev–Trinajstić information content (AvgIpc) is 3.33. The van der Waals surface area contributed by atoms with E-state index in [1.54, 1.807) is 0 Å². The van der Waals surface area contributed by atoms with Gasteiger partial charge in [-0.1, -0.05) is 115 Å². The molecule has 3 nitrogen and oxygen atoms in total. The summed E-state index contributed by atoms with van der Waals surface area (Å²) in [6.45, 7) is 0. The van der Waals surface area contributed by atoms with Crippen molar-refractivity contribution in [1.29, 1.82) is 0 Å². The first-order chi connectivity index (χ1) is 17.4. The maximum atomic E-state index is 6.57. The largest absolute Gasteiger partial charge is 0.439 e. The van der Waals surface area contributed by atoms with Crippen molar-refractivity contribution in [3.63, 3.8) is 0 Å². The van der Waals surface area contributed by atoms with Crippen LogP contribution in [0.4, 0.5) is 0 Å². The summed E-state index contributed by atoms with van der Waals surface area (Å²) in [5, 5.41) is 5.10. The van der Waals surface area contributed by atoms with E-state index in [1.807, 2.05) is 65.4 Å². The lowest BCUT2D eigenvalue weighted by molar-refractivity contribution is 0.393. The van der Waals surface area contributed by atoms with Crippen LogP contribution in [0.1, 0.15) is 22.6 Å². The van der Waals surface area contributed by atoms with Crippen LogP contribution >= 0.6 is 0 Å². The van der Waals surface area contributed by atoms with E-state index in [1.165, 1.54) is 5.56 Å². The molecule has 0 bridgehead atoms. The first-order valence-corrected chi connectivity index (χ1v) is 11.8. The molecule has 0 radical (unpaired) electrons. The fraction of sp³-hybridized carbons (Fsp3) is 0.0312. The molecule has 0 spiro atoms. The zero-order chi connectivity index (χ0) is 23.5. The molecule has 6 rings (SSSR count). The molecule has 1 aromatic heterocycles. The molecule has 1 unspecified atom stereocenters. The summed E-state index contributed by atoms with van der Waals surface area (Å²) in [6.07, 6.45) is 6.32. The number of ether oxygens (including phenoxy) is 1. The molecule has 4 aromatic carbocycles. The van der Waals surface area contributed by atoms with Gasteiger partial charge >= 0.3 is 0 Å². The van der Waals surface area contributed by atoms with Crippen LogP contribution in [-0.2, 0) is 0 Å². The van der Waals surface area contributed by atoms with E-state index in [9.17, 15) is 0 Å². The number of hydrogen-bond donors (Lipinski definition) is 0. The van der Waals surface area contributed by atoms with E-state index >= 15 is 0 Å². The van der Waals surface area contributed by atoms with Gasteiger partial charge in [0.15, 0.2) is 0 Å². The van der Waals surface area contributed by atoms with Crippen LogP contribution in [0, 0.1) is 0 Å². The predicted molar refractivity (Wildman–Crippen MR) is 141 cm³/mol. The second-order valence-corrected chi connectivity index (χ2v) is 8.48. The summed E-state index contributed by atoms with van der Waals surface area (Å²) in [6, 6.07) is 41.3. The second-order valence-electron chi connectivity index (χ2n) is 8.48. The van der Waals surface area contributed by atoms with Gasteiger partial charge in [0, 0.05) is 11.5 Å². The smallest absolute Gasteiger partial charge is 0.227 e. The molecule has 0 saturated heterocycles. The van der Waals surface area contributed by atoms with Crippen molar-refractivity contribution in [3.8, 4) is 22.8 Å². The Morgan fingerprint density at radius 1 is 0.657 bits per heavy atom. The summed E-state index contributed by atoms with van der Waals surface area (Å²) in [4.78, 5) is 0. The quantitative estimate of drug-likeness (QED) is 0.274. The minimum absolute atomic E-state index is 0.00282. The van der Waals surface area contributed by atoms with Gasteiger partial charge in [-0.3, -0.25) is 0 Å². The van der Waals surface area contributed by atoms with Gasteiger partial charge in [-0.05, 0) is 35.4 Å². The molecule has 1 aliphatic rings. The molecular weight excluding hydrogens is 428 g/mol. The molecule has 3 heteroatoms. The standard InChI is InChI=1S/C32H24N2O/c1-5-13-24(14-6-1)21-22-28-23-29(25-15-7-2-8-16-25)30-31(26-17-9-3-10-18-26)33-34(32(30)35-28)27-19-11-4-12-20-27/h1-23,29H. The Morgan fingerprint density at radius 2 is 1.26 bits per heavy atom. The number of para-hydroxylation sites is 1. The minimum Gasteiger partial charge on any atom is -0.439 e. The van der Waals surface area contributed by atoms with Crippen molar-refractivity contribution in [2.75, 3.05) is 0 Å². The Hall–Kier alpha value is -4.63. The second kappa shape index (κ2) is 9.32. The summed E-state index contributed by atoms with van der Waals surface area (Å²) in [7, 11) is 0. The number of benzene rings is 4. The Morgan fingerprint density at radius 3 is 1.94 bits per heavy atom. The van der Waals surface area contributed by atoms with Crippen LogP contribution in [0.3, 0.4) is 0 Å². The molecule has 0 amide bonds. The van der Waals surface area contributed by atoms with E-state index in [2.05, 4.69) is 78.9 Å². The number of allylic oxidation sites excluding steroid dienone is 2. The van der Waals surface area contributed by atoms with Crippen LogP contribution in [0.2, 0.25) is 0 Å². The van der Waals surface area contributed by atoms with Crippen molar-refractivity contribution in [3.05, 3.63) is 156 Å². The van der Waals surface area contributed by atoms with Crippen LogP contribution in [0.25, 0.3) is 23.0 Å². The van der Waals surface area contributed by atoms with Gasteiger partial charge in [0.25, 0.3) is 0 Å². The van der Waals surface area contributed by atoms with E-state index in [0.717, 1.165) is 39.7 Å². The monoisotopic (exact) mass is 452 g/mol. The summed E-state index contributed by atoms with van der Waals surface area (Å²) < 4.78 is 8.50. The van der Waals surface area contributed by atoms with Crippen LogP contribution in [0.5, 0.6) is 5.88 Å². The highest BCUT2D eigenvalue weighted by atomic mass is 16.5. The van der Waals surface area contributed by atoms with Crippen molar-refractivity contribution in [1.82, 2.24) is 9.78 Å². The predicted octanol–water partition coefficient (Wildman–Crippen LogP) is 7.66. The van der Waals surface area contributed by atoms with Gasteiger partial charge < -0.3 is 4.74 Å². The zero-order valence-corrected chi connectivity index (χ0v) is 19.2. The highest BCUT2D eigenvalue weighted by Crippen LogP contribution is 2.45. The first-order valence-electron chi connectivity index (χ1n) is 11.8. The number of nitrogens with zero attached hydrogens (tertiary/aromatic N) is 2. The average molecular weight is 453 g/mol. The Bertz CT molecular complexity index is 1490. The molecule has 0 aliphatic carbocycles. The third-order valence-electron chi connectivity index (χ3n) is 6.18. The number of fused-ring (bicyclic) bond motifs is 1. The Balaban J connectivity index is 1.55. The normalized spacial score (nSPS) is 14.9. The number of rotatable bonds is 5. The lowest BCUT2D eigenvalue weighted by atomic mass is 9.87. The van der Waals surface area contributed by atoms with Crippen LogP contribution in [-0.4, -0.2) is 9.78 Å². The molecule has 0 N–H and O–H groups in total. The van der Waals surface area contributed by atoms with E-state index in [4.69, 9.17) is 9.84 Å². The molecule has 35 heavy (non-hydrogen) atoms. The molecule has 2 heterocycles. The highest BCUT2D eigenvalue weighted by Gasteiger charge is 2.32. The molecular formula is C32H24N2O. The van der Waals surface area contributed by atoms with Crippen LogP contribution in [0.15, 0.2) is 139 Å². The van der Waals surface area contributed by atoms with Crippen LogP contribution < -0.4 is 4.74 Å². The SMILES string of the molecule is C(=Cc1ccccc1)C1=CC(c2ccccc2)c2c(-c3ccccc3)nn(-c3ccccc3)c2O1. The maximum absolute atomic E-state index is 6.57. The molecule has 168 valence electrons. The minimum atomic E-state index is 0.00282. The fourth-order valence-corrected chi connectivity index (χ4v) is 4.50. The fourth-order valence-electron chi connectivity index (χ4n) is 4.50. The lowest BCUT2D eigenvalue weighted by Crippen LogP contribution is -2.11. The first kappa shape index (κ1) is 20.9. The van der Waals surface area contributed by atoms with Gasteiger partial charge in [0.2, 0.25) is 5.88 Å². The lowest BCUT2D eigenvalue weighted by Gasteiger charge is -2.23. The van der Waals surface area contributed by atoms with Gasteiger partial charge in [0.1, 0.15) is 11.5 Å². The van der Waals surface area contributed by atoms with Gasteiger partial charge in [-0.25, -0.2) is 0 Å². The van der Waals surface area contributed by atoms with Crippen molar-refractivity contribution < 1.29 is 4.74 Å². The van der Waals surface area contributed by atoms with Crippen molar-refractivity contribution in [2.24, 2.45) is 0 Å².